The van der Waals surface area contributed by atoms with Gasteiger partial charge < -0.3 is 20.3 Å². The molecular formula is C63H119NO5. The number of hydrogen-bond donors (Lipinski definition) is 3. The fourth-order valence-corrected chi connectivity index (χ4v) is 9.43. The Bertz CT molecular complexity index is 1120. The van der Waals surface area contributed by atoms with E-state index >= 15 is 0 Å². The zero-order valence-electron chi connectivity index (χ0n) is 46.3. The van der Waals surface area contributed by atoms with Gasteiger partial charge in [0.15, 0.2) is 0 Å². The standard InChI is InChI=1S/C63H119NO5/c1-3-5-7-9-11-13-15-16-17-26-30-33-37-41-45-49-53-57-63(68)69-58-54-50-46-42-38-34-31-28-25-23-21-19-18-20-22-24-27-29-32-36-40-44-48-52-56-62(67)64-60(59-65)61(66)55-51-47-43-39-35-14-12-10-8-6-4-2/h11,13,16-17,20,22,60-61,65-66H,3-10,12,14-15,18-19,21,23-59H2,1-2H3,(H,64,67)/b13-11-,17-16-,22-20-. The lowest BCUT2D eigenvalue weighted by molar-refractivity contribution is -0.143. The molecule has 0 aliphatic heterocycles. The molecule has 0 aromatic rings. The van der Waals surface area contributed by atoms with E-state index in [0.29, 0.717) is 25.9 Å². The van der Waals surface area contributed by atoms with Crippen molar-refractivity contribution in [3.63, 3.8) is 0 Å². The van der Waals surface area contributed by atoms with Gasteiger partial charge in [0.25, 0.3) is 0 Å². The fraction of sp³-hybridized carbons (Fsp3) is 0.873. The Morgan fingerprint density at radius 2 is 0.725 bits per heavy atom. The number of amides is 1. The number of carbonyl (C=O) groups is 2. The third kappa shape index (κ3) is 55.2. The third-order valence-electron chi connectivity index (χ3n) is 14.2. The van der Waals surface area contributed by atoms with Crippen LogP contribution in [0.5, 0.6) is 0 Å². The first kappa shape index (κ1) is 67.1. The fourth-order valence-electron chi connectivity index (χ4n) is 9.43. The van der Waals surface area contributed by atoms with Crippen molar-refractivity contribution in [1.82, 2.24) is 5.32 Å². The average molecular weight is 971 g/mol. The number of hydrogen-bond acceptors (Lipinski definition) is 5. The van der Waals surface area contributed by atoms with Crippen LogP contribution in [0.25, 0.3) is 0 Å². The first-order valence-electron chi connectivity index (χ1n) is 30.7. The molecule has 0 saturated heterocycles. The van der Waals surface area contributed by atoms with Crippen LogP contribution in [0.4, 0.5) is 0 Å². The van der Waals surface area contributed by atoms with Crippen molar-refractivity contribution < 1.29 is 24.5 Å². The van der Waals surface area contributed by atoms with E-state index in [1.54, 1.807) is 0 Å². The molecule has 0 aromatic heterocycles. The molecule has 0 bridgehead atoms. The summed E-state index contributed by atoms with van der Waals surface area (Å²) in [5.41, 5.74) is 0. The van der Waals surface area contributed by atoms with E-state index in [0.717, 1.165) is 51.4 Å². The van der Waals surface area contributed by atoms with Gasteiger partial charge in [0.2, 0.25) is 5.91 Å². The first-order valence-corrected chi connectivity index (χ1v) is 30.7. The molecule has 0 radical (unpaired) electrons. The molecule has 406 valence electrons. The number of ether oxygens (including phenoxy) is 1. The van der Waals surface area contributed by atoms with Gasteiger partial charge in [-0.2, -0.15) is 0 Å². The zero-order chi connectivity index (χ0) is 50.0. The summed E-state index contributed by atoms with van der Waals surface area (Å²) in [5, 5.41) is 23.2. The second-order valence-corrected chi connectivity index (χ2v) is 21.0. The van der Waals surface area contributed by atoms with Crippen LogP contribution in [-0.2, 0) is 14.3 Å². The molecule has 6 heteroatoms. The van der Waals surface area contributed by atoms with Crippen LogP contribution in [0.3, 0.4) is 0 Å². The summed E-state index contributed by atoms with van der Waals surface area (Å²) in [6, 6.07) is -0.544. The van der Waals surface area contributed by atoms with Crippen LogP contribution in [0.15, 0.2) is 36.5 Å². The Hall–Kier alpha value is -1.92. The lowest BCUT2D eigenvalue weighted by Crippen LogP contribution is -2.45. The van der Waals surface area contributed by atoms with Crippen LogP contribution in [0, 0.1) is 0 Å². The molecular weight excluding hydrogens is 851 g/mol. The molecule has 0 aromatic carbocycles. The van der Waals surface area contributed by atoms with Crippen molar-refractivity contribution in [2.45, 2.75) is 341 Å². The normalized spacial score (nSPS) is 12.8. The molecule has 0 saturated carbocycles. The minimum absolute atomic E-state index is 0.00468. The Morgan fingerprint density at radius 3 is 1.14 bits per heavy atom. The largest absolute Gasteiger partial charge is 0.466 e. The van der Waals surface area contributed by atoms with E-state index in [2.05, 4.69) is 55.6 Å². The van der Waals surface area contributed by atoms with E-state index in [4.69, 9.17) is 4.74 Å². The molecule has 1 amide bonds. The topological polar surface area (TPSA) is 95.9 Å². The van der Waals surface area contributed by atoms with E-state index in [1.165, 1.54) is 244 Å². The highest BCUT2D eigenvalue weighted by Gasteiger charge is 2.20. The molecule has 2 atom stereocenters. The van der Waals surface area contributed by atoms with Crippen LogP contribution in [0.2, 0.25) is 0 Å². The van der Waals surface area contributed by atoms with Gasteiger partial charge in [-0.1, -0.05) is 269 Å². The summed E-state index contributed by atoms with van der Waals surface area (Å²) in [7, 11) is 0. The summed E-state index contributed by atoms with van der Waals surface area (Å²) in [5.74, 6) is -0.0355. The summed E-state index contributed by atoms with van der Waals surface area (Å²) < 4.78 is 5.49. The van der Waals surface area contributed by atoms with Crippen molar-refractivity contribution in [3.05, 3.63) is 36.5 Å². The van der Waals surface area contributed by atoms with Gasteiger partial charge in [-0.05, 0) is 83.5 Å². The Balaban J connectivity index is 3.38. The van der Waals surface area contributed by atoms with Crippen LogP contribution in [0.1, 0.15) is 328 Å². The summed E-state index contributed by atoms with van der Waals surface area (Å²) in [4.78, 5) is 24.5. The van der Waals surface area contributed by atoms with E-state index in [-0.39, 0.29) is 18.5 Å². The highest BCUT2D eigenvalue weighted by molar-refractivity contribution is 5.76. The van der Waals surface area contributed by atoms with Crippen LogP contribution in [-0.4, -0.2) is 47.4 Å². The Morgan fingerprint density at radius 1 is 0.406 bits per heavy atom. The van der Waals surface area contributed by atoms with Gasteiger partial charge in [-0.15, -0.1) is 0 Å². The number of unbranched alkanes of at least 4 members (excludes halogenated alkanes) is 40. The number of aliphatic hydroxyl groups excluding tert-OH is 2. The SMILES string of the molecule is CCCCC/C=C\C/C=C\CCCCCCCCCC(=O)OCCCCCCCCCCCCCC/C=C\CCCCCCCCCCC(=O)NC(CO)C(O)CCCCCCCCCCCCC. The highest BCUT2D eigenvalue weighted by Crippen LogP contribution is 2.17. The molecule has 6 nitrogen and oxygen atoms in total. The summed E-state index contributed by atoms with van der Waals surface area (Å²) in [6.45, 7) is 4.92. The average Bonchev–Trinajstić information content (AvgIpc) is 3.35. The minimum atomic E-state index is -0.666. The molecule has 0 fully saturated rings. The molecule has 0 rings (SSSR count). The van der Waals surface area contributed by atoms with Gasteiger partial charge in [0.05, 0.1) is 25.4 Å². The number of carbonyl (C=O) groups excluding carboxylic acids is 2. The zero-order valence-corrected chi connectivity index (χ0v) is 46.3. The van der Waals surface area contributed by atoms with Crippen molar-refractivity contribution in [2.24, 2.45) is 0 Å². The van der Waals surface area contributed by atoms with Crippen molar-refractivity contribution >= 4 is 11.9 Å². The summed E-state index contributed by atoms with van der Waals surface area (Å²) >= 11 is 0. The molecule has 2 unspecified atom stereocenters. The van der Waals surface area contributed by atoms with E-state index in [1.807, 2.05) is 0 Å². The van der Waals surface area contributed by atoms with Crippen LogP contribution < -0.4 is 5.32 Å². The van der Waals surface area contributed by atoms with Crippen molar-refractivity contribution in [3.8, 4) is 0 Å². The minimum Gasteiger partial charge on any atom is -0.466 e. The second-order valence-electron chi connectivity index (χ2n) is 21.0. The molecule has 69 heavy (non-hydrogen) atoms. The monoisotopic (exact) mass is 970 g/mol. The molecule has 0 spiro atoms. The maximum absolute atomic E-state index is 12.4. The predicted molar refractivity (Wildman–Crippen MR) is 301 cm³/mol. The lowest BCUT2D eigenvalue weighted by atomic mass is 10.0. The Labute approximate surface area is 430 Å². The van der Waals surface area contributed by atoms with Gasteiger partial charge in [0, 0.05) is 12.8 Å². The van der Waals surface area contributed by atoms with Gasteiger partial charge in [0.1, 0.15) is 0 Å². The lowest BCUT2D eigenvalue weighted by Gasteiger charge is -2.22. The smallest absolute Gasteiger partial charge is 0.305 e. The number of allylic oxidation sites excluding steroid dienone is 6. The van der Waals surface area contributed by atoms with Gasteiger partial charge in [-0.25, -0.2) is 0 Å². The van der Waals surface area contributed by atoms with Gasteiger partial charge >= 0.3 is 5.97 Å². The maximum atomic E-state index is 12.4. The third-order valence-corrected chi connectivity index (χ3v) is 14.2. The maximum Gasteiger partial charge on any atom is 0.305 e. The first-order chi connectivity index (χ1) is 34.0. The second kappa shape index (κ2) is 58.6. The Kier molecular flexibility index (Phi) is 57.0. The van der Waals surface area contributed by atoms with Crippen LogP contribution >= 0.6 is 0 Å². The van der Waals surface area contributed by atoms with Gasteiger partial charge in [-0.3, -0.25) is 9.59 Å². The van der Waals surface area contributed by atoms with E-state index < -0.39 is 12.1 Å². The van der Waals surface area contributed by atoms with Crippen molar-refractivity contribution in [2.75, 3.05) is 13.2 Å². The van der Waals surface area contributed by atoms with Crippen molar-refractivity contribution in [1.29, 1.82) is 0 Å². The number of rotatable bonds is 57. The molecule has 0 heterocycles. The molecule has 3 N–H and O–H groups in total. The summed E-state index contributed by atoms with van der Waals surface area (Å²) in [6.07, 6.45) is 73.0. The molecule has 0 aliphatic rings. The molecule has 0 aliphatic carbocycles. The predicted octanol–water partition coefficient (Wildman–Crippen LogP) is 19.2. The highest BCUT2D eigenvalue weighted by atomic mass is 16.5. The number of esters is 1. The number of nitrogens with one attached hydrogen (secondary N) is 1. The number of aliphatic hydroxyl groups is 2. The quantitative estimate of drug-likeness (QED) is 0.0321. The van der Waals surface area contributed by atoms with E-state index in [9.17, 15) is 19.8 Å².